The summed E-state index contributed by atoms with van der Waals surface area (Å²) in [5.74, 6) is 0. The van der Waals surface area contributed by atoms with E-state index in [1.165, 1.54) is 4.90 Å². The van der Waals surface area contributed by atoms with E-state index in [0.29, 0.717) is 13.1 Å². The lowest BCUT2D eigenvalue weighted by Gasteiger charge is -2.46. The average Bonchev–Trinajstić information content (AvgIpc) is 2.15. The minimum absolute atomic E-state index is 0.0360. The lowest BCUT2D eigenvalue weighted by molar-refractivity contribution is 0.0246. The monoisotopic (exact) mass is 216 g/mol. The van der Waals surface area contributed by atoms with Crippen molar-refractivity contribution in [1.29, 1.82) is 0 Å². The van der Waals surface area contributed by atoms with Crippen LogP contribution in [0.2, 0.25) is 0 Å². The molecule has 1 amide bonds. The zero-order chi connectivity index (χ0) is 11.6. The molecule has 0 radical (unpaired) electrons. The molecule has 1 fully saturated rings. The lowest BCUT2D eigenvalue weighted by atomic mass is 9.80. The number of amides is 1. The molecule has 3 N–H and O–H groups in total. The third kappa shape index (κ3) is 2.60. The highest BCUT2D eigenvalue weighted by Gasteiger charge is 2.41. The number of nitrogens with zero attached hydrogens (tertiary/aromatic N) is 1. The molecule has 0 aromatic rings. The molecule has 15 heavy (non-hydrogen) atoms. The summed E-state index contributed by atoms with van der Waals surface area (Å²) >= 11 is 0. The van der Waals surface area contributed by atoms with Gasteiger partial charge >= 0.3 is 6.09 Å². The van der Waals surface area contributed by atoms with Crippen molar-refractivity contribution in [1.82, 2.24) is 10.2 Å². The van der Waals surface area contributed by atoms with Crippen LogP contribution in [0, 0.1) is 5.41 Å². The van der Waals surface area contributed by atoms with Crippen LogP contribution in [0.15, 0.2) is 0 Å². The molecule has 1 rings (SSSR count). The SMILES string of the molecule is CC(C)(C)[C@@H]1C(CO)NCCN1C(=O)O. The van der Waals surface area contributed by atoms with Gasteiger partial charge in [-0.2, -0.15) is 0 Å². The fraction of sp³-hybridized carbons (Fsp3) is 0.900. The van der Waals surface area contributed by atoms with Crippen molar-refractivity contribution in [2.24, 2.45) is 5.41 Å². The molecule has 0 aliphatic carbocycles. The summed E-state index contributed by atoms with van der Waals surface area (Å²) in [5, 5.41) is 21.5. The van der Waals surface area contributed by atoms with E-state index in [1.54, 1.807) is 0 Å². The number of piperazine rings is 1. The van der Waals surface area contributed by atoms with Gasteiger partial charge in [0.2, 0.25) is 0 Å². The van der Waals surface area contributed by atoms with E-state index in [4.69, 9.17) is 5.11 Å². The first-order valence-corrected chi connectivity index (χ1v) is 5.21. The van der Waals surface area contributed by atoms with Gasteiger partial charge in [-0.15, -0.1) is 0 Å². The van der Waals surface area contributed by atoms with E-state index in [1.807, 2.05) is 20.8 Å². The minimum atomic E-state index is -0.908. The highest BCUT2D eigenvalue weighted by molar-refractivity contribution is 5.66. The molecule has 1 heterocycles. The van der Waals surface area contributed by atoms with Crippen LogP contribution in [0.4, 0.5) is 4.79 Å². The summed E-state index contributed by atoms with van der Waals surface area (Å²) in [6, 6.07) is -0.358. The first-order valence-electron chi connectivity index (χ1n) is 5.21. The predicted molar refractivity (Wildman–Crippen MR) is 56.9 cm³/mol. The maximum absolute atomic E-state index is 11.1. The summed E-state index contributed by atoms with van der Waals surface area (Å²) in [4.78, 5) is 12.5. The Morgan fingerprint density at radius 1 is 1.53 bits per heavy atom. The third-order valence-electron chi connectivity index (χ3n) is 2.81. The van der Waals surface area contributed by atoms with E-state index < -0.39 is 6.09 Å². The van der Waals surface area contributed by atoms with E-state index in [0.717, 1.165) is 0 Å². The topological polar surface area (TPSA) is 72.8 Å². The van der Waals surface area contributed by atoms with Gasteiger partial charge in [0.25, 0.3) is 0 Å². The molecule has 1 unspecified atom stereocenters. The number of aliphatic hydroxyl groups excluding tert-OH is 1. The standard InChI is InChI=1S/C10H20N2O3/c1-10(2,3)8-7(6-13)11-4-5-12(8)9(14)15/h7-8,11,13H,4-6H2,1-3H3,(H,14,15)/t7?,8-/m0/s1. The molecule has 1 aliphatic heterocycles. The van der Waals surface area contributed by atoms with E-state index >= 15 is 0 Å². The number of carboxylic acid groups (broad SMARTS) is 1. The zero-order valence-corrected chi connectivity index (χ0v) is 9.53. The second-order valence-corrected chi connectivity index (χ2v) is 5.03. The smallest absolute Gasteiger partial charge is 0.407 e. The van der Waals surface area contributed by atoms with Gasteiger partial charge < -0.3 is 20.4 Å². The molecule has 0 aromatic carbocycles. The van der Waals surface area contributed by atoms with Crippen molar-refractivity contribution < 1.29 is 15.0 Å². The average molecular weight is 216 g/mol. The Hall–Kier alpha value is -0.810. The Labute approximate surface area is 90.1 Å². The fourth-order valence-corrected chi connectivity index (χ4v) is 2.29. The Bertz CT molecular complexity index is 237. The third-order valence-corrected chi connectivity index (χ3v) is 2.81. The quantitative estimate of drug-likeness (QED) is 0.591. The number of carbonyl (C=O) groups is 1. The molecular weight excluding hydrogens is 196 g/mol. The molecule has 88 valence electrons. The molecule has 0 aromatic heterocycles. The Morgan fingerprint density at radius 3 is 2.53 bits per heavy atom. The van der Waals surface area contributed by atoms with Gasteiger partial charge in [-0.25, -0.2) is 4.79 Å². The van der Waals surface area contributed by atoms with Crippen LogP contribution in [0.5, 0.6) is 0 Å². The number of aliphatic hydroxyl groups is 1. The van der Waals surface area contributed by atoms with Crippen molar-refractivity contribution in [2.75, 3.05) is 19.7 Å². The van der Waals surface area contributed by atoms with E-state index in [2.05, 4.69) is 5.32 Å². The summed E-state index contributed by atoms with van der Waals surface area (Å²) in [7, 11) is 0. The largest absolute Gasteiger partial charge is 0.465 e. The van der Waals surface area contributed by atoms with E-state index in [-0.39, 0.29) is 24.1 Å². The summed E-state index contributed by atoms with van der Waals surface area (Å²) in [6.07, 6.45) is -0.908. The van der Waals surface area contributed by atoms with Gasteiger partial charge in [0.1, 0.15) is 0 Å². The molecule has 5 heteroatoms. The van der Waals surface area contributed by atoms with Gasteiger partial charge in [-0.05, 0) is 5.41 Å². The van der Waals surface area contributed by atoms with Crippen LogP contribution >= 0.6 is 0 Å². The highest BCUT2D eigenvalue weighted by atomic mass is 16.4. The summed E-state index contributed by atoms with van der Waals surface area (Å²) in [6.45, 7) is 7.01. The molecule has 1 aliphatic rings. The van der Waals surface area contributed by atoms with Crippen LogP contribution in [0.25, 0.3) is 0 Å². The zero-order valence-electron chi connectivity index (χ0n) is 9.53. The first kappa shape index (κ1) is 12.3. The Kier molecular flexibility index (Phi) is 3.57. The molecule has 2 atom stereocenters. The second kappa shape index (κ2) is 4.37. The first-order chi connectivity index (χ1) is 6.88. The van der Waals surface area contributed by atoms with Crippen LogP contribution in [-0.4, -0.2) is 53.0 Å². The molecule has 0 bridgehead atoms. The van der Waals surface area contributed by atoms with Crippen molar-refractivity contribution in [2.45, 2.75) is 32.9 Å². The number of rotatable bonds is 1. The van der Waals surface area contributed by atoms with Gasteiger partial charge in [0.05, 0.1) is 18.7 Å². The van der Waals surface area contributed by atoms with Gasteiger partial charge in [0, 0.05) is 13.1 Å². The molecule has 0 spiro atoms. The van der Waals surface area contributed by atoms with Crippen LogP contribution < -0.4 is 5.32 Å². The van der Waals surface area contributed by atoms with Crippen molar-refractivity contribution in [3.63, 3.8) is 0 Å². The van der Waals surface area contributed by atoms with E-state index in [9.17, 15) is 9.90 Å². The normalized spacial score (nSPS) is 27.9. The molecule has 0 saturated carbocycles. The minimum Gasteiger partial charge on any atom is -0.465 e. The predicted octanol–water partition coefficient (Wildman–Crippen LogP) is 0.345. The van der Waals surface area contributed by atoms with Crippen LogP contribution in [0.3, 0.4) is 0 Å². The number of nitrogens with one attached hydrogen (secondary N) is 1. The Morgan fingerprint density at radius 2 is 2.13 bits per heavy atom. The Balaban J connectivity index is 2.91. The van der Waals surface area contributed by atoms with Crippen LogP contribution in [0.1, 0.15) is 20.8 Å². The summed E-state index contributed by atoms with van der Waals surface area (Å²) in [5.41, 5.74) is -0.181. The molecule has 1 saturated heterocycles. The maximum Gasteiger partial charge on any atom is 0.407 e. The number of hydrogen-bond donors (Lipinski definition) is 3. The van der Waals surface area contributed by atoms with Gasteiger partial charge in [0.15, 0.2) is 0 Å². The molecule has 5 nitrogen and oxygen atoms in total. The van der Waals surface area contributed by atoms with Crippen molar-refractivity contribution in [3.8, 4) is 0 Å². The lowest BCUT2D eigenvalue weighted by Crippen LogP contribution is -2.64. The van der Waals surface area contributed by atoms with Crippen LogP contribution in [-0.2, 0) is 0 Å². The van der Waals surface area contributed by atoms with Gasteiger partial charge in [-0.1, -0.05) is 20.8 Å². The second-order valence-electron chi connectivity index (χ2n) is 5.03. The maximum atomic E-state index is 11.1. The molecular formula is C10H20N2O3. The summed E-state index contributed by atoms with van der Waals surface area (Å²) < 4.78 is 0. The highest BCUT2D eigenvalue weighted by Crippen LogP contribution is 2.28. The number of hydrogen-bond acceptors (Lipinski definition) is 3. The van der Waals surface area contributed by atoms with Gasteiger partial charge in [-0.3, -0.25) is 0 Å². The van der Waals surface area contributed by atoms with Crippen molar-refractivity contribution >= 4 is 6.09 Å². The fourth-order valence-electron chi connectivity index (χ4n) is 2.29. The van der Waals surface area contributed by atoms with Crippen molar-refractivity contribution in [3.05, 3.63) is 0 Å².